The summed E-state index contributed by atoms with van der Waals surface area (Å²) in [6, 6.07) is 8.99. The normalized spacial score (nSPS) is 12.8. The summed E-state index contributed by atoms with van der Waals surface area (Å²) < 4.78 is 10.9. The van der Waals surface area contributed by atoms with E-state index in [0.29, 0.717) is 12.0 Å². The Morgan fingerprint density at radius 3 is 2.07 bits per heavy atom. The summed E-state index contributed by atoms with van der Waals surface area (Å²) in [5.41, 5.74) is 0.619. The molecule has 0 aromatic heterocycles. The van der Waals surface area contributed by atoms with E-state index in [4.69, 9.17) is 9.47 Å². The van der Waals surface area contributed by atoms with E-state index in [1.807, 2.05) is 18.2 Å². The number of hydrogen-bond acceptors (Lipinski definition) is 4. The van der Waals surface area contributed by atoms with E-state index in [1.165, 1.54) is 51.9 Å². The second-order valence-corrected chi connectivity index (χ2v) is 7.60. The molecule has 0 fully saturated rings. The zero-order valence-corrected chi connectivity index (χ0v) is 18.2. The van der Waals surface area contributed by atoms with Crippen molar-refractivity contribution >= 4 is 11.9 Å². The van der Waals surface area contributed by atoms with Crippen LogP contribution in [0.1, 0.15) is 96.1 Å². The molecule has 0 N–H and O–H groups in total. The van der Waals surface area contributed by atoms with Crippen molar-refractivity contribution in [3.05, 3.63) is 48.6 Å². The first-order valence-electron chi connectivity index (χ1n) is 11.1. The van der Waals surface area contributed by atoms with Crippen molar-refractivity contribution in [2.45, 2.75) is 96.7 Å². The number of benzene rings is 1. The first-order valence-corrected chi connectivity index (χ1v) is 11.1. The number of ether oxygens (including phenoxy) is 2. The van der Waals surface area contributed by atoms with E-state index in [-0.39, 0.29) is 6.10 Å². The molecule has 0 bridgehead atoms. The van der Waals surface area contributed by atoms with Gasteiger partial charge in [0.05, 0.1) is 0 Å². The maximum Gasteiger partial charge on any atom is 0.352 e. The smallest absolute Gasteiger partial charge is 0.352 e. The van der Waals surface area contributed by atoms with Crippen LogP contribution in [0.5, 0.6) is 0 Å². The summed E-state index contributed by atoms with van der Waals surface area (Å²) in [5.74, 6) is -1.02. The molecule has 29 heavy (non-hydrogen) atoms. The molecule has 0 aliphatic rings. The lowest BCUT2D eigenvalue weighted by Gasteiger charge is -2.21. The molecular weight excluding hydrogens is 364 g/mol. The molecule has 1 aromatic rings. The van der Waals surface area contributed by atoms with Crippen molar-refractivity contribution < 1.29 is 19.1 Å². The standard InChI is InChI=1S/C25H38O4/c1-4-6-7-8-9-10-11-12-16-20-23(17-5-2)29-25(27)24(28-21(3)26)22-18-14-13-15-19-22/h5,13-15,18-19,23-24H,2,4,6-12,16-17,20H2,1,3H3/t23-,24+/m0/s1. The third-order valence-electron chi connectivity index (χ3n) is 4.94. The maximum absolute atomic E-state index is 12.7. The molecular formula is C25H38O4. The third kappa shape index (κ3) is 11.5. The predicted octanol–water partition coefficient (Wildman–Crippen LogP) is 6.70. The van der Waals surface area contributed by atoms with Crippen molar-refractivity contribution in [3.8, 4) is 0 Å². The Kier molecular flexibility index (Phi) is 13.6. The van der Waals surface area contributed by atoms with E-state index >= 15 is 0 Å². The van der Waals surface area contributed by atoms with Gasteiger partial charge in [0.25, 0.3) is 0 Å². The number of carbonyl (C=O) groups excluding carboxylic acids is 2. The van der Waals surface area contributed by atoms with E-state index in [0.717, 1.165) is 19.3 Å². The van der Waals surface area contributed by atoms with Gasteiger partial charge in [0.2, 0.25) is 6.10 Å². The average molecular weight is 403 g/mol. The first kappa shape index (κ1) is 24.9. The average Bonchev–Trinajstić information content (AvgIpc) is 2.71. The van der Waals surface area contributed by atoms with Crippen LogP contribution in [0.15, 0.2) is 43.0 Å². The fourth-order valence-corrected chi connectivity index (χ4v) is 3.37. The van der Waals surface area contributed by atoms with Gasteiger partial charge < -0.3 is 9.47 Å². The van der Waals surface area contributed by atoms with Gasteiger partial charge in [-0.1, -0.05) is 94.7 Å². The quantitative estimate of drug-likeness (QED) is 0.175. The summed E-state index contributed by atoms with van der Waals surface area (Å²) in [5, 5.41) is 0. The van der Waals surface area contributed by atoms with Gasteiger partial charge in [0.15, 0.2) is 0 Å². The lowest BCUT2D eigenvalue weighted by molar-refractivity contribution is -0.171. The second kappa shape index (κ2) is 15.8. The molecule has 4 nitrogen and oxygen atoms in total. The summed E-state index contributed by atoms with van der Waals surface area (Å²) in [4.78, 5) is 24.1. The highest BCUT2D eigenvalue weighted by molar-refractivity contribution is 5.80. The Morgan fingerprint density at radius 2 is 1.52 bits per heavy atom. The SMILES string of the molecule is C=CC[C@@H](CCCCCCCCCCC)OC(=O)[C@H](OC(C)=O)c1ccccc1. The largest absolute Gasteiger partial charge is 0.459 e. The zero-order chi connectivity index (χ0) is 21.3. The van der Waals surface area contributed by atoms with Crippen molar-refractivity contribution in [2.24, 2.45) is 0 Å². The Hall–Kier alpha value is -2.10. The minimum atomic E-state index is -1.02. The number of rotatable bonds is 16. The Morgan fingerprint density at radius 1 is 0.931 bits per heavy atom. The second-order valence-electron chi connectivity index (χ2n) is 7.60. The molecule has 4 heteroatoms. The number of unbranched alkanes of at least 4 members (excludes halogenated alkanes) is 8. The minimum Gasteiger partial charge on any atom is -0.459 e. The fourth-order valence-electron chi connectivity index (χ4n) is 3.37. The van der Waals surface area contributed by atoms with E-state index in [2.05, 4.69) is 13.5 Å². The van der Waals surface area contributed by atoms with Gasteiger partial charge >= 0.3 is 11.9 Å². The maximum atomic E-state index is 12.7. The first-order chi connectivity index (χ1) is 14.1. The molecule has 0 saturated heterocycles. The lowest BCUT2D eigenvalue weighted by Crippen LogP contribution is -2.26. The molecule has 162 valence electrons. The van der Waals surface area contributed by atoms with Gasteiger partial charge in [-0.15, -0.1) is 6.58 Å². The van der Waals surface area contributed by atoms with Crippen LogP contribution in [0.3, 0.4) is 0 Å². The van der Waals surface area contributed by atoms with Crippen molar-refractivity contribution in [1.82, 2.24) is 0 Å². The zero-order valence-electron chi connectivity index (χ0n) is 18.2. The Balaban J connectivity index is 2.44. The van der Waals surface area contributed by atoms with Crippen molar-refractivity contribution in [1.29, 1.82) is 0 Å². The van der Waals surface area contributed by atoms with Crippen LogP contribution in [0.4, 0.5) is 0 Å². The topological polar surface area (TPSA) is 52.6 Å². The highest BCUT2D eigenvalue weighted by Gasteiger charge is 2.27. The highest BCUT2D eigenvalue weighted by Crippen LogP contribution is 2.22. The Labute approximate surface area is 176 Å². The predicted molar refractivity (Wildman–Crippen MR) is 117 cm³/mol. The molecule has 0 unspecified atom stereocenters. The number of esters is 2. The summed E-state index contributed by atoms with van der Waals surface area (Å²) in [6.45, 7) is 7.31. The highest BCUT2D eigenvalue weighted by atomic mass is 16.6. The molecule has 0 aliphatic carbocycles. The summed E-state index contributed by atoms with van der Waals surface area (Å²) in [6.07, 6.45) is 13.2. The third-order valence-corrected chi connectivity index (χ3v) is 4.94. The van der Waals surface area contributed by atoms with E-state index < -0.39 is 18.0 Å². The van der Waals surface area contributed by atoms with Crippen LogP contribution in [-0.2, 0) is 19.1 Å². The molecule has 1 rings (SSSR count). The van der Waals surface area contributed by atoms with Crippen LogP contribution < -0.4 is 0 Å². The van der Waals surface area contributed by atoms with Gasteiger partial charge in [-0.3, -0.25) is 4.79 Å². The molecule has 0 heterocycles. The molecule has 0 amide bonds. The lowest BCUT2D eigenvalue weighted by atomic mass is 10.0. The van der Waals surface area contributed by atoms with Crippen LogP contribution in [0, 0.1) is 0 Å². The van der Waals surface area contributed by atoms with E-state index in [9.17, 15) is 9.59 Å². The van der Waals surface area contributed by atoms with E-state index in [1.54, 1.807) is 18.2 Å². The molecule has 0 radical (unpaired) electrons. The summed E-state index contributed by atoms with van der Waals surface area (Å²) in [7, 11) is 0. The number of carbonyl (C=O) groups is 2. The fraction of sp³-hybridized carbons (Fsp3) is 0.600. The van der Waals surface area contributed by atoms with Crippen molar-refractivity contribution in [3.63, 3.8) is 0 Å². The molecule has 0 aliphatic heterocycles. The summed E-state index contributed by atoms with van der Waals surface area (Å²) >= 11 is 0. The van der Waals surface area contributed by atoms with Crippen molar-refractivity contribution in [2.75, 3.05) is 0 Å². The van der Waals surface area contributed by atoms with Crippen LogP contribution in [0.2, 0.25) is 0 Å². The molecule has 0 spiro atoms. The van der Waals surface area contributed by atoms with Crippen LogP contribution in [-0.4, -0.2) is 18.0 Å². The van der Waals surface area contributed by atoms with Gasteiger partial charge in [-0.2, -0.15) is 0 Å². The van der Waals surface area contributed by atoms with Gasteiger partial charge in [-0.05, 0) is 12.8 Å². The van der Waals surface area contributed by atoms with Crippen LogP contribution >= 0.6 is 0 Å². The Bertz CT molecular complexity index is 582. The van der Waals surface area contributed by atoms with Gasteiger partial charge in [0, 0.05) is 18.9 Å². The van der Waals surface area contributed by atoms with Gasteiger partial charge in [0.1, 0.15) is 6.10 Å². The van der Waals surface area contributed by atoms with Crippen LogP contribution in [0.25, 0.3) is 0 Å². The molecule has 1 aromatic carbocycles. The van der Waals surface area contributed by atoms with Gasteiger partial charge in [-0.25, -0.2) is 4.79 Å². The minimum absolute atomic E-state index is 0.230. The molecule has 0 saturated carbocycles. The molecule has 2 atom stereocenters. The monoisotopic (exact) mass is 402 g/mol. The number of hydrogen-bond donors (Lipinski definition) is 0.